The van der Waals surface area contributed by atoms with Crippen molar-refractivity contribution >= 4 is 33.3 Å². The van der Waals surface area contributed by atoms with Crippen LogP contribution in [-0.2, 0) is 19.4 Å². The van der Waals surface area contributed by atoms with E-state index in [1.54, 1.807) is 6.07 Å². The molecule has 2 aliphatic rings. The average Bonchev–Trinajstić information content (AvgIpc) is 2.87. The summed E-state index contributed by atoms with van der Waals surface area (Å²) in [7, 11) is -3.57. The molecule has 25 heavy (non-hydrogen) atoms. The number of anilines is 1. The van der Waals surface area contributed by atoms with Gasteiger partial charge in [0.15, 0.2) is 15.6 Å². The molecule has 2 heterocycles. The second-order valence-electron chi connectivity index (χ2n) is 6.08. The highest BCUT2D eigenvalue weighted by atomic mass is 32.2. The maximum Gasteiger partial charge on any atom is 0.414 e. The number of nitrogens with one attached hydrogen (secondary N) is 1. The van der Waals surface area contributed by atoms with Crippen LogP contribution >= 0.6 is 0 Å². The monoisotopic (exact) mass is 366 g/mol. The minimum Gasteiger partial charge on any atom is -0.442 e. The Labute approximate surface area is 145 Å². The van der Waals surface area contributed by atoms with Gasteiger partial charge < -0.3 is 10.1 Å². The van der Waals surface area contributed by atoms with Crippen molar-refractivity contribution < 1.29 is 27.5 Å². The molecule has 0 radical (unpaired) electrons. The first-order valence-electron chi connectivity index (χ1n) is 7.90. The number of hydrogen-bond acceptors (Lipinski definition) is 6. The minimum atomic E-state index is -3.57. The molecular weight excluding hydrogens is 348 g/mol. The van der Waals surface area contributed by atoms with Crippen LogP contribution in [0.1, 0.15) is 30.1 Å². The zero-order valence-corrected chi connectivity index (χ0v) is 14.5. The van der Waals surface area contributed by atoms with Gasteiger partial charge in [0, 0.05) is 24.6 Å². The molecule has 2 aliphatic heterocycles. The number of nitrogens with zero attached hydrogens (tertiary/aromatic N) is 1. The van der Waals surface area contributed by atoms with Crippen LogP contribution in [0.2, 0.25) is 0 Å². The molecule has 2 amide bonds. The number of hydrogen-bond donors (Lipinski definition) is 1. The van der Waals surface area contributed by atoms with Gasteiger partial charge in [-0.15, -0.1) is 0 Å². The van der Waals surface area contributed by atoms with E-state index in [0.717, 1.165) is 0 Å². The van der Waals surface area contributed by atoms with Crippen molar-refractivity contribution in [2.24, 2.45) is 0 Å². The molecule has 0 aromatic heterocycles. The van der Waals surface area contributed by atoms with Crippen LogP contribution in [0.4, 0.5) is 10.5 Å². The molecule has 1 atom stereocenters. The Morgan fingerprint density at radius 1 is 1.36 bits per heavy atom. The lowest BCUT2D eigenvalue weighted by atomic mass is 10.1. The fraction of sp³-hybridized carbons (Fsp3) is 0.438. The average molecular weight is 366 g/mol. The molecule has 3 rings (SSSR count). The number of ether oxygens (including phenoxy) is 1. The van der Waals surface area contributed by atoms with Crippen molar-refractivity contribution in [3.8, 4) is 0 Å². The number of ketones is 1. The van der Waals surface area contributed by atoms with E-state index in [1.807, 2.05) is 0 Å². The van der Waals surface area contributed by atoms with Crippen molar-refractivity contribution in [3.05, 3.63) is 23.8 Å². The number of Topliss-reactive ketones (excluding diaryl/α,β-unsaturated/α-hetero) is 1. The van der Waals surface area contributed by atoms with Gasteiger partial charge in [-0.1, -0.05) is 0 Å². The first-order chi connectivity index (χ1) is 11.8. The van der Waals surface area contributed by atoms with Crippen LogP contribution in [-0.4, -0.2) is 51.1 Å². The molecule has 1 saturated heterocycles. The van der Waals surface area contributed by atoms with E-state index in [1.165, 1.54) is 24.0 Å². The number of carbonyl (C=O) groups excluding carboxylic acids is 3. The molecule has 0 unspecified atom stereocenters. The maximum absolute atomic E-state index is 12.4. The standard InChI is InChI=1S/C16H18N2O6S/c1-10(19)17-8-12-9-18(16(21)24-12)11-4-5-13-14(20)3-2-6-25(22,23)15(13)7-11/h4-5,7,12H,2-3,6,8-9H2,1H3,(H,17,19)/t12-/m0/s1. The normalized spacial score (nSPS) is 22.1. The highest BCUT2D eigenvalue weighted by Crippen LogP contribution is 2.30. The van der Waals surface area contributed by atoms with Crippen LogP contribution in [0.5, 0.6) is 0 Å². The quantitative estimate of drug-likeness (QED) is 0.851. The van der Waals surface area contributed by atoms with Crippen LogP contribution in [0, 0.1) is 0 Å². The molecule has 8 nitrogen and oxygen atoms in total. The predicted molar refractivity (Wildman–Crippen MR) is 88.4 cm³/mol. The first-order valence-corrected chi connectivity index (χ1v) is 9.56. The van der Waals surface area contributed by atoms with Crippen molar-refractivity contribution in [1.82, 2.24) is 5.32 Å². The van der Waals surface area contributed by atoms with Crippen molar-refractivity contribution in [3.63, 3.8) is 0 Å². The van der Waals surface area contributed by atoms with Crippen LogP contribution < -0.4 is 10.2 Å². The number of sulfone groups is 1. The fourth-order valence-corrected chi connectivity index (χ4v) is 4.49. The number of benzene rings is 1. The maximum atomic E-state index is 12.4. The third-order valence-corrected chi connectivity index (χ3v) is 6.02. The Bertz CT molecular complexity index is 848. The number of cyclic esters (lactones) is 1. The summed E-state index contributed by atoms with van der Waals surface area (Å²) >= 11 is 0. The van der Waals surface area contributed by atoms with Crippen molar-refractivity contribution in [1.29, 1.82) is 0 Å². The van der Waals surface area contributed by atoms with Gasteiger partial charge in [-0.05, 0) is 24.6 Å². The lowest BCUT2D eigenvalue weighted by Gasteiger charge is -2.15. The second-order valence-corrected chi connectivity index (χ2v) is 8.16. The molecule has 1 fully saturated rings. The molecule has 1 aromatic rings. The smallest absolute Gasteiger partial charge is 0.414 e. The summed E-state index contributed by atoms with van der Waals surface area (Å²) in [4.78, 5) is 36.4. The lowest BCUT2D eigenvalue weighted by Crippen LogP contribution is -2.33. The van der Waals surface area contributed by atoms with E-state index in [0.29, 0.717) is 5.69 Å². The van der Waals surface area contributed by atoms with Crippen molar-refractivity contribution in [2.45, 2.75) is 30.8 Å². The number of rotatable bonds is 3. The first kappa shape index (κ1) is 17.4. The number of amides is 2. The summed E-state index contributed by atoms with van der Waals surface area (Å²) in [5.41, 5.74) is 0.524. The topological polar surface area (TPSA) is 110 Å². The summed E-state index contributed by atoms with van der Waals surface area (Å²) < 4.78 is 30.0. The Kier molecular flexibility index (Phi) is 4.51. The highest BCUT2D eigenvalue weighted by Gasteiger charge is 2.34. The molecule has 1 N–H and O–H groups in total. The van der Waals surface area contributed by atoms with Gasteiger partial charge in [0.05, 0.1) is 23.7 Å². The molecule has 0 spiro atoms. The van der Waals surface area contributed by atoms with Gasteiger partial charge >= 0.3 is 6.09 Å². The van der Waals surface area contributed by atoms with Gasteiger partial charge in [0.25, 0.3) is 0 Å². The van der Waals surface area contributed by atoms with Crippen LogP contribution in [0.15, 0.2) is 23.1 Å². The number of carbonyl (C=O) groups is 3. The SMILES string of the molecule is CC(=O)NC[C@H]1CN(c2ccc3c(c2)S(=O)(=O)CCCC3=O)C(=O)O1. The van der Waals surface area contributed by atoms with Gasteiger partial charge in [-0.25, -0.2) is 13.2 Å². The summed E-state index contributed by atoms with van der Waals surface area (Å²) in [5, 5.41) is 2.57. The van der Waals surface area contributed by atoms with E-state index < -0.39 is 22.0 Å². The fourth-order valence-electron chi connectivity index (χ4n) is 2.93. The molecule has 0 aliphatic carbocycles. The zero-order chi connectivity index (χ0) is 18.2. The summed E-state index contributed by atoms with van der Waals surface area (Å²) in [6, 6.07) is 4.35. The number of fused-ring (bicyclic) bond motifs is 1. The molecular formula is C16H18N2O6S. The minimum absolute atomic E-state index is 0.0365. The second kappa shape index (κ2) is 6.47. The van der Waals surface area contributed by atoms with E-state index in [9.17, 15) is 22.8 Å². The summed E-state index contributed by atoms with van der Waals surface area (Å²) in [6.07, 6.45) is -0.660. The molecule has 9 heteroatoms. The Morgan fingerprint density at radius 3 is 2.84 bits per heavy atom. The van der Waals surface area contributed by atoms with Gasteiger partial charge in [0.2, 0.25) is 5.91 Å². The molecule has 134 valence electrons. The van der Waals surface area contributed by atoms with Gasteiger partial charge in [-0.3, -0.25) is 14.5 Å². The third kappa shape index (κ3) is 3.51. The predicted octanol–water partition coefficient (Wildman–Crippen LogP) is 0.898. The largest absolute Gasteiger partial charge is 0.442 e. The lowest BCUT2D eigenvalue weighted by molar-refractivity contribution is -0.119. The van der Waals surface area contributed by atoms with Crippen molar-refractivity contribution in [2.75, 3.05) is 23.7 Å². The molecule has 0 bridgehead atoms. The highest BCUT2D eigenvalue weighted by molar-refractivity contribution is 7.91. The Morgan fingerprint density at radius 2 is 2.12 bits per heavy atom. The molecule has 1 aromatic carbocycles. The Hall–Kier alpha value is -2.42. The van der Waals surface area contributed by atoms with E-state index in [2.05, 4.69) is 5.32 Å². The molecule has 0 saturated carbocycles. The van der Waals surface area contributed by atoms with Gasteiger partial charge in [0.1, 0.15) is 6.10 Å². The summed E-state index contributed by atoms with van der Waals surface area (Å²) in [6.45, 7) is 1.73. The van der Waals surface area contributed by atoms with Gasteiger partial charge in [-0.2, -0.15) is 0 Å². The van der Waals surface area contributed by atoms with E-state index in [4.69, 9.17) is 4.74 Å². The van der Waals surface area contributed by atoms with E-state index >= 15 is 0 Å². The Balaban J connectivity index is 1.89. The van der Waals surface area contributed by atoms with Crippen LogP contribution in [0.3, 0.4) is 0 Å². The summed E-state index contributed by atoms with van der Waals surface area (Å²) in [5.74, 6) is -0.538. The van der Waals surface area contributed by atoms with E-state index in [-0.39, 0.29) is 53.8 Å². The van der Waals surface area contributed by atoms with Crippen LogP contribution in [0.25, 0.3) is 0 Å². The third-order valence-electron chi connectivity index (χ3n) is 4.18. The zero-order valence-electron chi connectivity index (χ0n) is 13.6.